The summed E-state index contributed by atoms with van der Waals surface area (Å²) in [6, 6.07) is 5.93. The van der Waals surface area contributed by atoms with Crippen molar-refractivity contribution < 1.29 is 9.59 Å². The standard InChI is InChI=1S/C18H21BrN2O2S/c1-20-15-8-7-13(19)11-14(15)18(17(20)23)21(9-10-24-18)16(22)12-5-3-2-4-6-12/h7-8,11-12H,2-6,9-10H2,1H3. The molecule has 0 N–H and O–H groups in total. The predicted molar refractivity (Wildman–Crippen MR) is 100.0 cm³/mol. The minimum atomic E-state index is -0.859. The summed E-state index contributed by atoms with van der Waals surface area (Å²) in [5.41, 5.74) is 1.87. The Kier molecular flexibility index (Phi) is 4.15. The number of halogens is 1. The summed E-state index contributed by atoms with van der Waals surface area (Å²) in [5, 5.41) is 0. The van der Waals surface area contributed by atoms with Crippen molar-refractivity contribution in [2.45, 2.75) is 37.0 Å². The molecule has 6 heteroatoms. The molecule has 2 heterocycles. The zero-order chi connectivity index (χ0) is 16.9. The van der Waals surface area contributed by atoms with Crippen LogP contribution in [0.2, 0.25) is 0 Å². The number of nitrogens with zero attached hydrogens (tertiary/aromatic N) is 2. The Hall–Kier alpha value is -1.01. The van der Waals surface area contributed by atoms with Crippen LogP contribution in [0.25, 0.3) is 0 Å². The third-order valence-electron chi connectivity index (χ3n) is 5.51. The molecule has 128 valence electrons. The average Bonchev–Trinajstić information content (AvgIpc) is 3.13. The molecule has 1 aromatic rings. The fraction of sp³-hybridized carbons (Fsp3) is 0.556. The Morgan fingerprint density at radius 2 is 2.04 bits per heavy atom. The van der Waals surface area contributed by atoms with Gasteiger partial charge in [-0.2, -0.15) is 0 Å². The van der Waals surface area contributed by atoms with E-state index in [9.17, 15) is 9.59 Å². The van der Waals surface area contributed by atoms with Gasteiger partial charge in [0.1, 0.15) is 0 Å². The van der Waals surface area contributed by atoms with Crippen molar-refractivity contribution in [2.75, 3.05) is 24.2 Å². The van der Waals surface area contributed by atoms with E-state index >= 15 is 0 Å². The molecule has 2 fully saturated rings. The number of rotatable bonds is 1. The van der Waals surface area contributed by atoms with E-state index in [1.807, 2.05) is 30.1 Å². The molecule has 1 saturated carbocycles. The normalized spacial score (nSPS) is 27.2. The van der Waals surface area contributed by atoms with Crippen LogP contribution in [0.5, 0.6) is 0 Å². The lowest BCUT2D eigenvalue weighted by molar-refractivity contribution is -0.144. The van der Waals surface area contributed by atoms with Crippen LogP contribution in [-0.2, 0) is 14.5 Å². The number of carbonyl (C=O) groups is 2. The Morgan fingerprint density at radius 3 is 2.79 bits per heavy atom. The van der Waals surface area contributed by atoms with Crippen molar-refractivity contribution in [3.63, 3.8) is 0 Å². The second kappa shape index (κ2) is 6.06. The van der Waals surface area contributed by atoms with Crippen LogP contribution in [0.15, 0.2) is 22.7 Å². The Morgan fingerprint density at radius 1 is 1.29 bits per heavy atom. The molecule has 3 aliphatic rings. The van der Waals surface area contributed by atoms with Crippen LogP contribution in [0.4, 0.5) is 5.69 Å². The van der Waals surface area contributed by atoms with Crippen molar-refractivity contribution in [3.05, 3.63) is 28.2 Å². The SMILES string of the molecule is CN1C(=O)C2(SCCN2C(=O)C2CCCCC2)c2cc(Br)ccc21. The Labute approximate surface area is 155 Å². The van der Waals surface area contributed by atoms with Gasteiger partial charge in [-0.05, 0) is 31.0 Å². The largest absolute Gasteiger partial charge is 0.315 e. The van der Waals surface area contributed by atoms with E-state index in [2.05, 4.69) is 15.9 Å². The fourth-order valence-electron chi connectivity index (χ4n) is 4.28. The highest BCUT2D eigenvalue weighted by atomic mass is 79.9. The molecule has 2 aliphatic heterocycles. The minimum absolute atomic E-state index is 0.0160. The number of benzene rings is 1. The van der Waals surface area contributed by atoms with Gasteiger partial charge in [0.05, 0.1) is 5.69 Å². The lowest BCUT2D eigenvalue weighted by Gasteiger charge is -2.36. The van der Waals surface area contributed by atoms with E-state index < -0.39 is 4.87 Å². The Bertz CT molecular complexity index is 704. The second-order valence-electron chi connectivity index (χ2n) is 6.84. The van der Waals surface area contributed by atoms with Crippen LogP contribution in [0.3, 0.4) is 0 Å². The number of fused-ring (bicyclic) bond motifs is 2. The smallest absolute Gasteiger partial charge is 0.268 e. The maximum atomic E-state index is 13.2. The number of hydrogen-bond donors (Lipinski definition) is 0. The minimum Gasteiger partial charge on any atom is -0.315 e. The zero-order valence-corrected chi connectivity index (χ0v) is 16.2. The van der Waals surface area contributed by atoms with Crippen LogP contribution in [-0.4, -0.2) is 36.1 Å². The van der Waals surface area contributed by atoms with Crippen molar-refractivity contribution in [2.24, 2.45) is 5.92 Å². The van der Waals surface area contributed by atoms with E-state index in [4.69, 9.17) is 0 Å². The molecular formula is C18H21BrN2O2S. The summed E-state index contributed by atoms with van der Waals surface area (Å²) in [5.74, 6) is 1.09. The molecule has 4 rings (SSSR count). The van der Waals surface area contributed by atoms with Crippen LogP contribution in [0.1, 0.15) is 37.7 Å². The molecule has 4 nitrogen and oxygen atoms in total. The maximum Gasteiger partial charge on any atom is 0.268 e. The highest BCUT2D eigenvalue weighted by Crippen LogP contribution is 2.54. The lowest BCUT2D eigenvalue weighted by Crippen LogP contribution is -2.51. The van der Waals surface area contributed by atoms with Gasteiger partial charge in [-0.25, -0.2) is 0 Å². The summed E-state index contributed by atoms with van der Waals surface area (Å²) >= 11 is 5.14. The molecular weight excluding hydrogens is 388 g/mol. The number of likely N-dealkylation sites (N-methyl/N-ethyl adjacent to an activating group) is 1. The van der Waals surface area contributed by atoms with Gasteiger partial charge in [0.25, 0.3) is 5.91 Å². The van der Waals surface area contributed by atoms with Gasteiger partial charge in [-0.3, -0.25) is 9.59 Å². The van der Waals surface area contributed by atoms with E-state index in [0.717, 1.165) is 47.2 Å². The third-order valence-corrected chi connectivity index (χ3v) is 7.42. The first kappa shape index (κ1) is 16.5. The number of anilines is 1. The second-order valence-corrected chi connectivity index (χ2v) is 9.05. The zero-order valence-electron chi connectivity index (χ0n) is 13.8. The topological polar surface area (TPSA) is 40.6 Å². The number of amides is 2. The summed E-state index contributed by atoms with van der Waals surface area (Å²) in [7, 11) is 1.81. The molecule has 1 unspecified atom stereocenters. The highest BCUT2D eigenvalue weighted by Gasteiger charge is 2.59. The van der Waals surface area contributed by atoms with Crippen LogP contribution in [0, 0.1) is 5.92 Å². The quantitative estimate of drug-likeness (QED) is 0.710. The molecule has 1 spiro atoms. The first-order valence-corrected chi connectivity index (χ1v) is 10.4. The van der Waals surface area contributed by atoms with Crippen molar-refractivity contribution in [1.29, 1.82) is 0 Å². The van der Waals surface area contributed by atoms with Crippen LogP contribution >= 0.6 is 27.7 Å². The Balaban J connectivity index is 1.77. The van der Waals surface area contributed by atoms with Gasteiger partial charge >= 0.3 is 0 Å². The van der Waals surface area contributed by atoms with E-state index in [0.29, 0.717) is 6.54 Å². The van der Waals surface area contributed by atoms with Gasteiger partial charge in [0.15, 0.2) is 4.87 Å². The summed E-state index contributed by atoms with van der Waals surface area (Å²) in [6.07, 6.45) is 5.40. The first-order valence-electron chi connectivity index (χ1n) is 8.59. The molecule has 2 amide bonds. The monoisotopic (exact) mass is 408 g/mol. The van der Waals surface area contributed by atoms with Gasteiger partial charge in [-0.1, -0.05) is 35.2 Å². The van der Waals surface area contributed by atoms with Crippen molar-refractivity contribution in [1.82, 2.24) is 4.90 Å². The van der Waals surface area contributed by atoms with Gasteiger partial charge in [0, 0.05) is 35.3 Å². The van der Waals surface area contributed by atoms with Crippen molar-refractivity contribution >= 4 is 45.2 Å². The summed E-state index contributed by atoms with van der Waals surface area (Å²) < 4.78 is 0.946. The predicted octanol–water partition coefficient (Wildman–Crippen LogP) is 3.73. The summed E-state index contributed by atoms with van der Waals surface area (Å²) in [6.45, 7) is 0.658. The molecule has 24 heavy (non-hydrogen) atoms. The molecule has 0 bridgehead atoms. The number of thioether (sulfide) groups is 1. The van der Waals surface area contributed by atoms with Crippen LogP contribution < -0.4 is 4.90 Å². The number of hydrogen-bond acceptors (Lipinski definition) is 3. The summed E-state index contributed by atoms with van der Waals surface area (Å²) in [4.78, 5) is 29.2. The van der Waals surface area contributed by atoms with Gasteiger partial charge < -0.3 is 9.80 Å². The molecule has 1 aromatic carbocycles. The third kappa shape index (κ3) is 2.25. The van der Waals surface area contributed by atoms with Gasteiger partial charge in [0.2, 0.25) is 5.91 Å². The van der Waals surface area contributed by atoms with E-state index in [1.54, 1.807) is 16.7 Å². The fourth-order valence-corrected chi connectivity index (χ4v) is 6.13. The average molecular weight is 409 g/mol. The first-order chi connectivity index (χ1) is 11.6. The molecule has 1 saturated heterocycles. The van der Waals surface area contributed by atoms with E-state index in [-0.39, 0.29) is 17.7 Å². The lowest BCUT2D eigenvalue weighted by atomic mass is 9.87. The molecule has 1 atom stereocenters. The maximum absolute atomic E-state index is 13.2. The molecule has 0 radical (unpaired) electrons. The molecule has 1 aliphatic carbocycles. The number of carbonyl (C=O) groups excluding carboxylic acids is 2. The molecule has 0 aromatic heterocycles. The highest BCUT2D eigenvalue weighted by molar-refractivity contribution is 9.10. The van der Waals surface area contributed by atoms with Gasteiger partial charge in [-0.15, -0.1) is 11.8 Å². The van der Waals surface area contributed by atoms with Crippen molar-refractivity contribution in [3.8, 4) is 0 Å². The van der Waals surface area contributed by atoms with E-state index in [1.165, 1.54) is 6.42 Å².